The van der Waals surface area contributed by atoms with Crippen molar-refractivity contribution in [3.05, 3.63) is 129 Å². The Bertz CT molecular complexity index is 1790. The van der Waals surface area contributed by atoms with E-state index >= 15 is 0 Å². The zero-order valence-corrected chi connectivity index (χ0v) is 37.4. The Hall–Kier alpha value is -2.22. The van der Waals surface area contributed by atoms with Crippen LogP contribution < -0.4 is 0 Å². The minimum absolute atomic E-state index is 0.574. The van der Waals surface area contributed by atoms with E-state index in [1.807, 2.05) is 0 Å². The van der Waals surface area contributed by atoms with Gasteiger partial charge >= 0.3 is 37.9 Å². The molecule has 0 aliphatic carbocycles. The molecule has 0 nitrogen and oxygen atoms in total. The summed E-state index contributed by atoms with van der Waals surface area (Å²) in [4.78, 5) is 0. The molecule has 0 atom stereocenters. The Morgan fingerprint density at radius 3 is 1.12 bits per heavy atom. The summed E-state index contributed by atoms with van der Waals surface area (Å²) in [5.74, 6) is 1.15. The fraction of sp³-hybridized carbons (Fsp3) is 0.348. The Kier molecular flexibility index (Phi) is 17.0. The summed E-state index contributed by atoms with van der Waals surface area (Å²) in [5.41, 5.74) is 16.7. The summed E-state index contributed by atoms with van der Waals surface area (Å²) < 4.78 is 0. The second-order valence-electron chi connectivity index (χ2n) is 14.1. The predicted molar refractivity (Wildman–Crippen MR) is 225 cm³/mol. The molecule has 0 fully saturated rings. The minimum atomic E-state index is -0.826. The molecule has 2 radical (unpaired) electrons. The number of rotatable bonds is 6. The van der Waals surface area contributed by atoms with Crippen LogP contribution in [0.4, 0.5) is 0 Å². The number of hydrogen-bond donors (Lipinski definition) is 0. The van der Waals surface area contributed by atoms with E-state index in [2.05, 4.69) is 167 Å². The van der Waals surface area contributed by atoms with Crippen LogP contribution in [0.15, 0.2) is 84.9 Å². The summed E-state index contributed by atoms with van der Waals surface area (Å²) in [6.07, 6.45) is 2.14. The first kappa shape index (κ1) is 42.2. The topological polar surface area (TPSA) is 0 Å². The molecule has 0 unspecified atom stereocenters. The molecule has 0 aliphatic rings. The molecule has 262 valence electrons. The fourth-order valence-corrected chi connectivity index (χ4v) is 6.88. The van der Waals surface area contributed by atoms with E-state index in [4.69, 9.17) is 17.0 Å². The van der Waals surface area contributed by atoms with Crippen LogP contribution in [0.25, 0.3) is 43.8 Å². The molecule has 0 amide bonds. The van der Waals surface area contributed by atoms with Gasteiger partial charge in [-0.05, 0) is 63.5 Å². The maximum atomic E-state index is 4.93. The average Bonchev–Trinajstić information content (AvgIpc) is 3.69. The Morgan fingerprint density at radius 2 is 0.860 bits per heavy atom. The third-order valence-corrected chi connectivity index (χ3v) is 9.11. The molecule has 6 aromatic rings. The second-order valence-corrected chi connectivity index (χ2v) is 18.9. The summed E-state index contributed by atoms with van der Waals surface area (Å²) >= 11 is -0.826. The molecule has 0 heterocycles. The van der Waals surface area contributed by atoms with E-state index < -0.39 is 20.8 Å². The van der Waals surface area contributed by atoms with Gasteiger partial charge in [-0.1, -0.05) is 136 Å². The van der Waals surface area contributed by atoms with Crippen LogP contribution in [0.5, 0.6) is 0 Å². The van der Waals surface area contributed by atoms with Crippen LogP contribution in [0.2, 0.25) is 13.1 Å². The normalized spacial score (nSPS) is 10.7. The molecule has 0 saturated heterocycles. The van der Waals surface area contributed by atoms with Gasteiger partial charge in [-0.3, -0.25) is 0 Å². The van der Waals surface area contributed by atoms with Gasteiger partial charge in [0.2, 0.25) is 0 Å². The molecule has 50 heavy (non-hydrogen) atoms. The summed E-state index contributed by atoms with van der Waals surface area (Å²) in [5, 5.41) is 5.56. The van der Waals surface area contributed by atoms with Gasteiger partial charge in [0.15, 0.2) is 0 Å². The van der Waals surface area contributed by atoms with Crippen molar-refractivity contribution in [2.24, 2.45) is 0 Å². The van der Waals surface area contributed by atoms with E-state index in [0.29, 0.717) is 11.8 Å². The quantitative estimate of drug-likeness (QED) is 0.116. The molecule has 0 bridgehead atoms. The monoisotopic (exact) mass is 796 g/mol. The van der Waals surface area contributed by atoms with Crippen LogP contribution in [0.3, 0.4) is 0 Å². The van der Waals surface area contributed by atoms with E-state index in [0.717, 1.165) is 22.4 Å². The number of benzene rings is 4. The number of hydrogen-bond acceptors (Lipinski definition) is 0. The van der Waals surface area contributed by atoms with Crippen molar-refractivity contribution in [1.29, 1.82) is 0 Å². The SMILES string of the molecule is CCc1ccc2[cH-]c(C(C)C)cc2c1-c1cc(C)cc(C)c1.CCc1ccc2[cH-]c(C(C)C)cc2c1-c1cc(C)cc(C)c1.C[Si]C.[Cl][Zr+2][Cl]. The molecule has 4 heteroatoms. The van der Waals surface area contributed by atoms with Gasteiger partial charge in [-0.15, -0.1) is 69.1 Å². The molecular weight excluding hydrogens is 743 g/mol. The number of halogens is 2. The van der Waals surface area contributed by atoms with Crippen LogP contribution in [-0.4, -0.2) is 9.52 Å². The third kappa shape index (κ3) is 10.9. The molecule has 0 saturated carbocycles. The van der Waals surface area contributed by atoms with E-state index in [9.17, 15) is 0 Å². The van der Waals surface area contributed by atoms with Gasteiger partial charge in [0.1, 0.15) is 0 Å². The average molecular weight is 799 g/mol. The first-order valence-corrected chi connectivity index (χ1v) is 26.3. The van der Waals surface area contributed by atoms with Gasteiger partial charge in [-0.25, -0.2) is 0 Å². The van der Waals surface area contributed by atoms with Gasteiger partial charge in [0, 0.05) is 9.52 Å². The van der Waals surface area contributed by atoms with E-state index in [-0.39, 0.29) is 0 Å². The van der Waals surface area contributed by atoms with Crippen molar-refractivity contribution in [3.8, 4) is 22.3 Å². The maximum absolute atomic E-state index is 4.93. The molecule has 0 aliphatic heterocycles. The molecule has 0 aromatic heterocycles. The van der Waals surface area contributed by atoms with E-state index in [1.165, 1.54) is 88.3 Å². The third-order valence-electron chi connectivity index (χ3n) is 9.11. The van der Waals surface area contributed by atoms with Crippen molar-refractivity contribution in [3.63, 3.8) is 0 Å². The van der Waals surface area contributed by atoms with Gasteiger partial charge in [0.05, 0.1) is 0 Å². The summed E-state index contributed by atoms with van der Waals surface area (Å²) in [7, 11) is 11.0. The molecule has 0 spiro atoms. The van der Waals surface area contributed by atoms with Crippen LogP contribution in [0.1, 0.15) is 97.9 Å². The van der Waals surface area contributed by atoms with Crippen molar-refractivity contribution in [1.82, 2.24) is 0 Å². The predicted octanol–water partition coefficient (Wildman–Crippen LogP) is 15.2. The standard InChI is InChI=1S/2C22H25.C2H6Si.2ClH.Zr/c2*1-6-17-7-8-18-12-19(14(2)3)13-21(18)22(17)20-10-15(4)9-16(5)11-20;1-3-2;;;/h2*7-14H,6H2,1-5H3;1-2H3;2*1H;/q2*-1;;;;+4/p-2. The summed E-state index contributed by atoms with van der Waals surface area (Å²) in [6, 6.07) is 32.5. The van der Waals surface area contributed by atoms with Crippen molar-refractivity contribution in [2.75, 3.05) is 0 Å². The zero-order chi connectivity index (χ0) is 37.1. The molecule has 0 N–H and O–H groups in total. The summed E-state index contributed by atoms with van der Waals surface area (Å²) in [6.45, 7) is 26.6. The van der Waals surface area contributed by atoms with E-state index in [1.54, 1.807) is 0 Å². The molecule has 6 rings (SSSR count). The van der Waals surface area contributed by atoms with Crippen molar-refractivity contribution >= 4 is 48.1 Å². The zero-order valence-electron chi connectivity index (χ0n) is 32.4. The van der Waals surface area contributed by atoms with Gasteiger partial charge < -0.3 is 0 Å². The van der Waals surface area contributed by atoms with Crippen LogP contribution >= 0.6 is 17.0 Å². The Balaban J connectivity index is 0.000000234. The van der Waals surface area contributed by atoms with Gasteiger partial charge in [-0.2, -0.15) is 12.1 Å². The Morgan fingerprint density at radius 1 is 0.560 bits per heavy atom. The van der Waals surface area contributed by atoms with Crippen LogP contribution in [-0.2, 0) is 33.7 Å². The first-order valence-electron chi connectivity index (χ1n) is 18.0. The molecular formula is C46H56Cl2SiZr. The first-order chi connectivity index (χ1) is 23.8. The van der Waals surface area contributed by atoms with Crippen molar-refractivity contribution < 1.29 is 20.8 Å². The number of fused-ring (bicyclic) bond motifs is 2. The number of aryl methyl sites for hydroxylation is 6. The van der Waals surface area contributed by atoms with Crippen molar-refractivity contribution in [2.45, 2.75) is 107 Å². The van der Waals surface area contributed by atoms with Crippen LogP contribution in [0, 0.1) is 27.7 Å². The van der Waals surface area contributed by atoms with Gasteiger partial charge in [0.25, 0.3) is 0 Å². The fourth-order valence-electron chi connectivity index (χ4n) is 6.88. The molecule has 6 aromatic carbocycles. The Labute approximate surface area is 325 Å². The second kappa shape index (κ2) is 20.1.